The van der Waals surface area contributed by atoms with Gasteiger partial charge in [0.05, 0.1) is 17.0 Å². The molecule has 150 valence electrons. The molecule has 0 unspecified atom stereocenters. The maximum Gasteiger partial charge on any atom is 0.303 e. The highest BCUT2D eigenvalue weighted by Gasteiger charge is 2.28. The number of halogens is 1. The van der Waals surface area contributed by atoms with Gasteiger partial charge in [-0.1, -0.05) is 36.4 Å². The fraction of sp³-hybridized carbons (Fsp3) is 0.0833. The highest BCUT2D eigenvalue weighted by Crippen LogP contribution is 2.38. The van der Waals surface area contributed by atoms with Crippen LogP contribution in [0.25, 0.3) is 11.3 Å². The first-order valence-electron chi connectivity index (χ1n) is 9.50. The lowest BCUT2D eigenvalue weighted by molar-refractivity contribution is -0.137. The molecule has 4 rings (SSSR count). The van der Waals surface area contributed by atoms with Crippen molar-refractivity contribution in [2.45, 2.75) is 12.8 Å². The third-order valence-corrected chi connectivity index (χ3v) is 4.86. The zero-order chi connectivity index (χ0) is 21.1. The van der Waals surface area contributed by atoms with Gasteiger partial charge in [0.25, 0.3) is 5.91 Å². The second-order valence-electron chi connectivity index (χ2n) is 6.98. The minimum absolute atomic E-state index is 0.0179. The van der Waals surface area contributed by atoms with Crippen LogP contribution in [0.15, 0.2) is 72.8 Å². The number of hydrogen-bond donors (Lipinski definition) is 3. The van der Waals surface area contributed by atoms with Crippen molar-refractivity contribution in [2.24, 2.45) is 0 Å². The minimum Gasteiger partial charge on any atom is -0.481 e. The number of para-hydroxylation sites is 1. The van der Waals surface area contributed by atoms with E-state index in [0.29, 0.717) is 28.9 Å². The van der Waals surface area contributed by atoms with E-state index < -0.39 is 11.8 Å². The molecule has 3 aromatic carbocycles. The molecule has 0 fully saturated rings. The number of fused-ring (bicyclic) bond motifs is 1. The number of aryl methyl sites for hydroxylation is 1. The Morgan fingerprint density at radius 3 is 2.57 bits per heavy atom. The maximum atomic E-state index is 13.7. The zero-order valence-corrected chi connectivity index (χ0v) is 16.0. The smallest absolute Gasteiger partial charge is 0.303 e. The average Bonchev–Trinajstić information content (AvgIpc) is 3.06. The SMILES string of the molecule is O=C(O)CCc1cccc(C(Nc2ccccc2)=C2C(=O)Nc3cc(F)ccc32)c1. The van der Waals surface area contributed by atoms with Crippen molar-refractivity contribution in [3.63, 3.8) is 0 Å². The average molecular weight is 402 g/mol. The number of carbonyl (C=O) groups is 2. The van der Waals surface area contributed by atoms with Crippen molar-refractivity contribution in [2.75, 3.05) is 10.6 Å². The van der Waals surface area contributed by atoms with Gasteiger partial charge in [-0.3, -0.25) is 9.59 Å². The van der Waals surface area contributed by atoms with Gasteiger partial charge in [0.2, 0.25) is 0 Å². The maximum absolute atomic E-state index is 13.7. The predicted octanol–water partition coefficient (Wildman–Crippen LogP) is 4.78. The summed E-state index contributed by atoms with van der Waals surface area (Å²) in [4.78, 5) is 23.8. The van der Waals surface area contributed by atoms with E-state index in [9.17, 15) is 14.0 Å². The number of aliphatic carboxylic acids is 1. The number of nitrogens with one attached hydrogen (secondary N) is 2. The molecular formula is C24H19FN2O3. The summed E-state index contributed by atoms with van der Waals surface area (Å²) in [6, 6.07) is 21.0. The molecular weight excluding hydrogens is 383 g/mol. The Bertz CT molecular complexity index is 1160. The number of carbonyl (C=O) groups excluding carboxylic acids is 1. The van der Waals surface area contributed by atoms with E-state index in [1.165, 1.54) is 12.1 Å². The van der Waals surface area contributed by atoms with Gasteiger partial charge >= 0.3 is 5.97 Å². The van der Waals surface area contributed by atoms with E-state index in [1.807, 2.05) is 54.6 Å². The standard InChI is InChI=1S/C24H19FN2O3/c25-17-10-11-19-20(14-17)27-24(30)22(19)23(26-18-7-2-1-3-8-18)16-6-4-5-15(13-16)9-12-21(28)29/h1-8,10-11,13-14,26H,9,12H2,(H,27,30)(H,28,29). The fourth-order valence-corrected chi connectivity index (χ4v) is 3.47. The molecule has 30 heavy (non-hydrogen) atoms. The lowest BCUT2D eigenvalue weighted by Gasteiger charge is -2.15. The Morgan fingerprint density at radius 2 is 1.80 bits per heavy atom. The van der Waals surface area contributed by atoms with Crippen molar-refractivity contribution in [3.05, 3.63) is 95.3 Å². The Labute approximate surface area is 172 Å². The first kappa shape index (κ1) is 19.4. The molecule has 0 radical (unpaired) electrons. The molecule has 3 N–H and O–H groups in total. The van der Waals surface area contributed by atoms with E-state index in [2.05, 4.69) is 10.6 Å². The van der Waals surface area contributed by atoms with Crippen LogP contribution in [0, 0.1) is 5.82 Å². The quantitative estimate of drug-likeness (QED) is 0.519. The van der Waals surface area contributed by atoms with Crippen LogP contribution in [0.2, 0.25) is 0 Å². The van der Waals surface area contributed by atoms with Gasteiger partial charge in [-0.05, 0) is 53.9 Å². The summed E-state index contributed by atoms with van der Waals surface area (Å²) < 4.78 is 13.7. The minimum atomic E-state index is -0.868. The molecule has 0 spiro atoms. The van der Waals surface area contributed by atoms with Gasteiger partial charge in [0, 0.05) is 17.7 Å². The molecule has 1 aliphatic rings. The van der Waals surface area contributed by atoms with Crippen molar-refractivity contribution in [3.8, 4) is 0 Å². The molecule has 6 heteroatoms. The summed E-state index contributed by atoms with van der Waals surface area (Å²) in [7, 11) is 0. The van der Waals surface area contributed by atoms with Crippen molar-refractivity contribution < 1.29 is 19.1 Å². The molecule has 0 bridgehead atoms. The zero-order valence-electron chi connectivity index (χ0n) is 16.0. The molecule has 0 atom stereocenters. The molecule has 1 amide bonds. The second-order valence-corrected chi connectivity index (χ2v) is 6.98. The number of rotatable bonds is 6. The lowest BCUT2D eigenvalue weighted by atomic mass is 9.97. The van der Waals surface area contributed by atoms with Crippen LogP contribution in [0.1, 0.15) is 23.1 Å². The molecule has 0 aromatic heterocycles. The lowest BCUT2D eigenvalue weighted by Crippen LogP contribution is -2.10. The van der Waals surface area contributed by atoms with Gasteiger partial charge in [0.15, 0.2) is 0 Å². The molecule has 0 saturated carbocycles. The summed E-state index contributed by atoms with van der Waals surface area (Å²) in [5, 5.41) is 15.0. The normalized spacial score (nSPS) is 14.1. The highest BCUT2D eigenvalue weighted by molar-refractivity contribution is 6.37. The van der Waals surface area contributed by atoms with Gasteiger partial charge in [-0.2, -0.15) is 0 Å². The largest absolute Gasteiger partial charge is 0.481 e. The fourth-order valence-electron chi connectivity index (χ4n) is 3.47. The highest BCUT2D eigenvalue weighted by atomic mass is 19.1. The monoisotopic (exact) mass is 402 g/mol. The van der Waals surface area contributed by atoms with Gasteiger partial charge in [-0.25, -0.2) is 4.39 Å². The number of carboxylic acid groups (broad SMARTS) is 1. The summed E-state index contributed by atoms with van der Waals surface area (Å²) in [5.74, 6) is -1.62. The number of hydrogen-bond acceptors (Lipinski definition) is 3. The summed E-state index contributed by atoms with van der Waals surface area (Å²) in [6.45, 7) is 0. The van der Waals surface area contributed by atoms with E-state index in [0.717, 1.165) is 16.8 Å². The summed E-state index contributed by atoms with van der Waals surface area (Å²) in [5.41, 5.74) is 4.38. The Morgan fingerprint density at radius 1 is 1.00 bits per heavy atom. The number of carboxylic acids is 1. The van der Waals surface area contributed by atoms with Crippen LogP contribution in [0.4, 0.5) is 15.8 Å². The Balaban J connectivity index is 1.84. The molecule has 5 nitrogen and oxygen atoms in total. The van der Waals surface area contributed by atoms with E-state index in [-0.39, 0.29) is 12.3 Å². The Hall–Kier alpha value is -3.93. The van der Waals surface area contributed by atoms with Crippen LogP contribution in [0.5, 0.6) is 0 Å². The number of benzene rings is 3. The first-order chi connectivity index (χ1) is 14.5. The summed E-state index contributed by atoms with van der Waals surface area (Å²) >= 11 is 0. The van der Waals surface area contributed by atoms with Crippen molar-refractivity contribution in [1.29, 1.82) is 0 Å². The van der Waals surface area contributed by atoms with Crippen molar-refractivity contribution >= 4 is 34.5 Å². The van der Waals surface area contributed by atoms with Crippen LogP contribution in [-0.4, -0.2) is 17.0 Å². The van der Waals surface area contributed by atoms with Crippen LogP contribution in [-0.2, 0) is 16.0 Å². The van der Waals surface area contributed by atoms with E-state index >= 15 is 0 Å². The molecule has 0 aliphatic carbocycles. The topological polar surface area (TPSA) is 78.4 Å². The van der Waals surface area contributed by atoms with Crippen LogP contribution < -0.4 is 10.6 Å². The van der Waals surface area contributed by atoms with Gasteiger partial charge in [-0.15, -0.1) is 0 Å². The number of amides is 1. The second kappa shape index (κ2) is 8.21. The van der Waals surface area contributed by atoms with Gasteiger partial charge in [0.1, 0.15) is 5.82 Å². The first-order valence-corrected chi connectivity index (χ1v) is 9.50. The van der Waals surface area contributed by atoms with E-state index in [1.54, 1.807) is 6.07 Å². The predicted molar refractivity (Wildman–Crippen MR) is 114 cm³/mol. The molecule has 0 saturated heterocycles. The van der Waals surface area contributed by atoms with Crippen LogP contribution >= 0.6 is 0 Å². The van der Waals surface area contributed by atoms with E-state index in [4.69, 9.17) is 5.11 Å². The third kappa shape index (κ3) is 4.07. The molecule has 1 aliphatic heterocycles. The molecule has 1 heterocycles. The third-order valence-electron chi connectivity index (χ3n) is 4.86. The Kier molecular flexibility index (Phi) is 5.30. The van der Waals surface area contributed by atoms with Crippen molar-refractivity contribution in [1.82, 2.24) is 0 Å². The summed E-state index contributed by atoms with van der Waals surface area (Å²) in [6.07, 6.45) is 0.398. The molecule has 3 aromatic rings. The number of anilines is 2. The van der Waals surface area contributed by atoms with Crippen LogP contribution in [0.3, 0.4) is 0 Å². The van der Waals surface area contributed by atoms with Gasteiger partial charge < -0.3 is 15.7 Å².